The van der Waals surface area contributed by atoms with Crippen LogP contribution in [0.4, 0.5) is 0 Å². The van der Waals surface area contributed by atoms with Crippen molar-refractivity contribution < 1.29 is 8.85 Å². The molecule has 0 amide bonds. The summed E-state index contributed by atoms with van der Waals surface area (Å²) >= 11 is 0. The van der Waals surface area contributed by atoms with Gasteiger partial charge in [-0.2, -0.15) is 0 Å². The second-order valence-corrected chi connectivity index (χ2v) is 22.1. The van der Waals surface area contributed by atoms with Crippen LogP contribution in [0.15, 0.2) is 23.5 Å². The van der Waals surface area contributed by atoms with Gasteiger partial charge in [-0.15, -0.1) is 6.42 Å². The van der Waals surface area contributed by atoms with E-state index >= 15 is 0 Å². The van der Waals surface area contributed by atoms with Crippen molar-refractivity contribution in [2.45, 2.75) is 104 Å². The number of terminal acetylenes is 1. The highest BCUT2D eigenvalue weighted by atomic mass is 28.4. The fourth-order valence-electron chi connectivity index (χ4n) is 7.73. The van der Waals surface area contributed by atoms with Crippen LogP contribution in [-0.2, 0) is 8.85 Å². The summed E-state index contributed by atoms with van der Waals surface area (Å²) in [5.41, 5.74) is 1.60. The molecule has 2 nitrogen and oxygen atoms in total. The Morgan fingerprint density at radius 1 is 0.968 bits per heavy atom. The van der Waals surface area contributed by atoms with Crippen molar-refractivity contribution in [3.63, 3.8) is 0 Å². The third-order valence-electron chi connectivity index (χ3n) is 9.00. The predicted molar refractivity (Wildman–Crippen MR) is 136 cm³/mol. The summed E-state index contributed by atoms with van der Waals surface area (Å²) in [6.45, 7) is 18.8. The molecule has 31 heavy (non-hydrogen) atoms. The van der Waals surface area contributed by atoms with Crippen molar-refractivity contribution in [2.75, 3.05) is 0 Å². The Balaban J connectivity index is 1.64. The number of hydrogen-bond donors (Lipinski definition) is 0. The number of allylic oxidation sites excluding steroid dienone is 4. The highest BCUT2D eigenvalue weighted by Crippen LogP contribution is 2.67. The molecule has 172 valence electrons. The van der Waals surface area contributed by atoms with E-state index in [1.165, 1.54) is 37.9 Å². The summed E-state index contributed by atoms with van der Waals surface area (Å²) in [6.07, 6.45) is 19.5. The topological polar surface area (TPSA) is 18.5 Å². The van der Waals surface area contributed by atoms with Crippen LogP contribution in [0, 0.1) is 40.9 Å². The molecular weight excluding hydrogens is 412 g/mol. The molecule has 0 aromatic heterocycles. The van der Waals surface area contributed by atoms with Gasteiger partial charge in [0.2, 0.25) is 8.32 Å². The Kier molecular flexibility index (Phi) is 5.56. The van der Waals surface area contributed by atoms with Crippen LogP contribution in [0.3, 0.4) is 0 Å². The van der Waals surface area contributed by atoms with E-state index in [0.29, 0.717) is 5.92 Å². The molecule has 0 aromatic carbocycles. The molecular formula is C27H44O2Si2. The van der Waals surface area contributed by atoms with Crippen LogP contribution in [-0.4, -0.2) is 22.2 Å². The van der Waals surface area contributed by atoms with Gasteiger partial charge in [0.1, 0.15) is 5.60 Å². The fraction of sp³-hybridized carbons (Fsp3) is 0.778. The molecule has 2 fully saturated rings. The molecule has 0 N–H and O–H groups in total. The number of rotatable bonds is 4. The van der Waals surface area contributed by atoms with Crippen LogP contribution in [0.2, 0.25) is 39.3 Å². The highest BCUT2D eigenvalue weighted by Gasteiger charge is 2.64. The standard InChI is InChI=1S/C27H44O2Si2/c1-10-27(29-31(7,8)9)18-15-24-22-12-11-20-19-21(28-30(4,5)6)13-16-25(20,2)23(22)14-17-26(24,27)3/h1,11,19,22-24H,12-18H2,2-9H3. The lowest BCUT2D eigenvalue weighted by atomic mass is 9.47. The third-order valence-corrected chi connectivity index (χ3v) is 10.8. The number of hydrogen-bond acceptors (Lipinski definition) is 2. The van der Waals surface area contributed by atoms with Gasteiger partial charge in [0, 0.05) is 11.8 Å². The molecule has 4 aliphatic rings. The molecule has 0 heterocycles. The molecule has 4 aliphatic carbocycles. The normalized spacial score (nSPS) is 42.5. The van der Waals surface area contributed by atoms with Crippen LogP contribution in [0.1, 0.15) is 58.8 Å². The molecule has 4 heteroatoms. The predicted octanol–water partition coefficient (Wildman–Crippen LogP) is 7.52. The average molecular weight is 457 g/mol. The van der Waals surface area contributed by atoms with Crippen molar-refractivity contribution in [2.24, 2.45) is 28.6 Å². The monoisotopic (exact) mass is 456 g/mol. The largest absolute Gasteiger partial charge is 0.547 e. The second kappa shape index (κ2) is 7.37. The zero-order chi connectivity index (χ0) is 22.9. The minimum Gasteiger partial charge on any atom is -0.547 e. The minimum atomic E-state index is -1.73. The molecule has 0 aromatic rings. The maximum atomic E-state index is 6.85. The van der Waals surface area contributed by atoms with E-state index in [2.05, 4.69) is 71.2 Å². The Morgan fingerprint density at radius 3 is 2.26 bits per heavy atom. The summed E-state index contributed by atoms with van der Waals surface area (Å²) in [4.78, 5) is 0. The third kappa shape index (κ3) is 3.83. The van der Waals surface area contributed by atoms with E-state index < -0.39 is 16.6 Å². The summed E-state index contributed by atoms with van der Waals surface area (Å²) in [6, 6.07) is 0. The zero-order valence-corrected chi connectivity index (χ0v) is 23.2. The molecule has 2 saturated carbocycles. The van der Waals surface area contributed by atoms with Gasteiger partial charge < -0.3 is 8.85 Å². The van der Waals surface area contributed by atoms with Crippen molar-refractivity contribution in [3.8, 4) is 12.3 Å². The highest BCUT2D eigenvalue weighted by molar-refractivity contribution is 6.70. The van der Waals surface area contributed by atoms with Crippen LogP contribution >= 0.6 is 0 Å². The van der Waals surface area contributed by atoms with Crippen LogP contribution < -0.4 is 0 Å². The van der Waals surface area contributed by atoms with Gasteiger partial charge in [0.25, 0.3) is 0 Å². The van der Waals surface area contributed by atoms with Crippen LogP contribution in [0.5, 0.6) is 0 Å². The first-order valence-electron chi connectivity index (χ1n) is 12.5. The first-order chi connectivity index (χ1) is 14.2. The minimum absolute atomic E-state index is 0.113. The van der Waals surface area contributed by atoms with E-state index in [1.54, 1.807) is 5.57 Å². The second-order valence-electron chi connectivity index (χ2n) is 13.2. The summed E-state index contributed by atoms with van der Waals surface area (Å²) in [5.74, 6) is 6.65. The Hall–Kier alpha value is -0.766. The molecule has 6 unspecified atom stereocenters. The Labute approximate surface area is 193 Å². The molecule has 0 aliphatic heterocycles. The quantitative estimate of drug-likeness (QED) is 0.322. The SMILES string of the molecule is C#CC1(O[Si](C)(C)C)CCC2C3CC=C4C=C(O[Si](C)(C)C)CCC4(C)C3CCC21C. The fourth-order valence-corrected chi connectivity index (χ4v) is 10.1. The van der Waals surface area contributed by atoms with Crippen molar-refractivity contribution >= 4 is 16.6 Å². The van der Waals surface area contributed by atoms with E-state index in [9.17, 15) is 0 Å². The zero-order valence-electron chi connectivity index (χ0n) is 21.2. The summed E-state index contributed by atoms with van der Waals surface area (Å²) in [5, 5.41) is 0. The molecule has 0 radical (unpaired) electrons. The van der Waals surface area contributed by atoms with E-state index in [0.717, 1.165) is 24.7 Å². The van der Waals surface area contributed by atoms with Gasteiger partial charge in [-0.1, -0.05) is 25.8 Å². The van der Waals surface area contributed by atoms with Crippen molar-refractivity contribution in [1.82, 2.24) is 0 Å². The lowest BCUT2D eigenvalue weighted by Gasteiger charge is -2.58. The van der Waals surface area contributed by atoms with Gasteiger partial charge in [-0.3, -0.25) is 0 Å². The summed E-state index contributed by atoms with van der Waals surface area (Å²) < 4.78 is 13.3. The summed E-state index contributed by atoms with van der Waals surface area (Å²) in [7, 11) is -3.28. The molecule has 0 bridgehead atoms. The van der Waals surface area contributed by atoms with Gasteiger partial charge in [-0.05, 0) is 113 Å². The van der Waals surface area contributed by atoms with Crippen molar-refractivity contribution in [1.29, 1.82) is 0 Å². The first kappa shape index (κ1) is 23.4. The maximum Gasteiger partial charge on any atom is 0.241 e. The molecule has 0 spiro atoms. The first-order valence-corrected chi connectivity index (χ1v) is 19.3. The lowest BCUT2D eigenvalue weighted by molar-refractivity contribution is -0.0843. The van der Waals surface area contributed by atoms with Gasteiger partial charge in [0.05, 0.1) is 5.76 Å². The smallest absolute Gasteiger partial charge is 0.241 e. The molecule has 4 rings (SSSR count). The maximum absolute atomic E-state index is 6.85. The average Bonchev–Trinajstić information content (AvgIpc) is 2.92. The number of fused-ring (bicyclic) bond motifs is 5. The van der Waals surface area contributed by atoms with Gasteiger partial charge >= 0.3 is 0 Å². The molecule has 0 saturated heterocycles. The molecule has 6 atom stereocenters. The van der Waals surface area contributed by atoms with Crippen molar-refractivity contribution in [3.05, 3.63) is 23.5 Å². The Bertz CT molecular complexity index is 839. The Morgan fingerprint density at radius 2 is 1.65 bits per heavy atom. The van der Waals surface area contributed by atoms with Gasteiger partial charge in [-0.25, -0.2) is 0 Å². The lowest BCUT2D eigenvalue weighted by Crippen LogP contribution is -2.56. The van der Waals surface area contributed by atoms with E-state index in [-0.39, 0.29) is 16.4 Å². The van der Waals surface area contributed by atoms with Gasteiger partial charge in [0.15, 0.2) is 8.32 Å². The van der Waals surface area contributed by atoms with E-state index in [4.69, 9.17) is 15.3 Å². The van der Waals surface area contributed by atoms with E-state index in [1.807, 2.05) is 0 Å². The van der Waals surface area contributed by atoms with Crippen LogP contribution in [0.25, 0.3) is 0 Å².